The van der Waals surface area contributed by atoms with Gasteiger partial charge >= 0.3 is 0 Å². The zero-order valence-electron chi connectivity index (χ0n) is 29.5. The Balaban J connectivity index is 1.20. The standard InChI is InChI=1S/C51H37NS/c1-36-23-29-42(30-24-36)52(43-31-27-38(28-32-43)26-25-37-13-4-2-5-14-37)51-46-21-10-8-19-44(46)50(45-20-9-11-22-47(45)51)41-18-12-17-40(35-41)49-34-33-48(53-49)39-15-6-3-7-16-39/h2-35H,1H3/b26-25+. The highest BCUT2D eigenvalue weighted by Crippen LogP contribution is 2.48. The monoisotopic (exact) mass is 695 g/mol. The lowest BCUT2D eigenvalue weighted by Crippen LogP contribution is -2.11. The topological polar surface area (TPSA) is 3.24 Å². The third-order valence-corrected chi connectivity index (χ3v) is 11.1. The molecular formula is C51H37NS. The average Bonchev–Trinajstić information content (AvgIpc) is 3.73. The Hall–Kier alpha value is -6.48. The zero-order valence-corrected chi connectivity index (χ0v) is 30.3. The molecule has 0 saturated carbocycles. The van der Waals surface area contributed by atoms with Crippen molar-refractivity contribution < 1.29 is 0 Å². The SMILES string of the molecule is Cc1ccc(N(c2ccc(/C=C/c3ccccc3)cc2)c2c3ccccc3c(-c3cccc(-c4ccc(-c5ccccc5)s4)c3)c3ccccc23)cc1. The van der Waals surface area contributed by atoms with E-state index in [0.717, 1.165) is 16.9 Å². The van der Waals surface area contributed by atoms with E-state index in [-0.39, 0.29) is 0 Å². The lowest BCUT2D eigenvalue weighted by atomic mass is 9.89. The number of hydrogen-bond donors (Lipinski definition) is 0. The van der Waals surface area contributed by atoms with Crippen LogP contribution in [0.2, 0.25) is 0 Å². The third-order valence-electron chi connectivity index (χ3n) is 9.94. The van der Waals surface area contributed by atoms with E-state index in [9.17, 15) is 0 Å². The summed E-state index contributed by atoms with van der Waals surface area (Å²) in [6.45, 7) is 2.15. The van der Waals surface area contributed by atoms with Crippen molar-refractivity contribution in [2.24, 2.45) is 0 Å². The fourth-order valence-electron chi connectivity index (χ4n) is 7.33. The van der Waals surface area contributed by atoms with E-state index >= 15 is 0 Å². The minimum absolute atomic E-state index is 1.11. The van der Waals surface area contributed by atoms with Gasteiger partial charge in [0.2, 0.25) is 0 Å². The number of fused-ring (bicyclic) bond motifs is 2. The van der Waals surface area contributed by atoms with Crippen LogP contribution in [0.4, 0.5) is 17.1 Å². The quantitative estimate of drug-likeness (QED) is 0.113. The van der Waals surface area contributed by atoms with Crippen LogP contribution in [-0.2, 0) is 0 Å². The maximum absolute atomic E-state index is 2.44. The maximum atomic E-state index is 2.44. The highest BCUT2D eigenvalue weighted by molar-refractivity contribution is 7.18. The molecule has 53 heavy (non-hydrogen) atoms. The van der Waals surface area contributed by atoms with Crippen LogP contribution in [-0.4, -0.2) is 0 Å². The van der Waals surface area contributed by atoms with Gasteiger partial charge in [-0.1, -0.05) is 169 Å². The molecule has 0 amide bonds. The number of benzene rings is 8. The molecule has 0 aliphatic heterocycles. The van der Waals surface area contributed by atoms with Crippen LogP contribution >= 0.6 is 11.3 Å². The van der Waals surface area contributed by atoms with Gasteiger partial charge in [0.1, 0.15) is 0 Å². The van der Waals surface area contributed by atoms with Crippen LogP contribution < -0.4 is 4.90 Å². The van der Waals surface area contributed by atoms with Crippen molar-refractivity contribution in [2.45, 2.75) is 6.92 Å². The molecule has 0 fully saturated rings. The molecule has 2 heteroatoms. The van der Waals surface area contributed by atoms with E-state index in [1.54, 1.807) is 0 Å². The first-order valence-corrected chi connectivity index (χ1v) is 18.9. The fourth-order valence-corrected chi connectivity index (χ4v) is 8.34. The van der Waals surface area contributed by atoms with Crippen molar-refractivity contribution in [1.82, 2.24) is 0 Å². The molecule has 8 aromatic carbocycles. The van der Waals surface area contributed by atoms with Crippen LogP contribution in [0.5, 0.6) is 0 Å². The Morgan fingerprint density at radius 3 is 1.49 bits per heavy atom. The van der Waals surface area contributed by atoms with Crippen LogP contribution in [0.15, 0.2) is 194 Å². The minimum Gasteiger partial charge on any atom is -0.309 e. The van der Waals surface area contributed by atoms with E-state index in [4.69, 9.17) is 0 Å². The second-order valence-electron chi connectivity index (χ2n) is 13.4. The Kier molecular flexibility index (Phi) is 8.73. The van der Waals surface area contributed by atoms with E-state index in [0.29, 0.717) is 0 Å². The Labute approximate surface area is 315 Å². The van der Waals surface area contributed by atoms with Gasteiger partial charge in [0.25, 0.3) is 0 Å². The summed E-state index contributed by atoms with van der Waals surface area (Å²) in [6.07, 6.45) is 4.35. The highest BCUT2D eigenvalue weighted by atomic mass is 32.1. The summed E-state index contributed by atoms with van der Waals surface area (Å²) in [5.41, 5.74) is 12.0. The smallest absolute Gasteiger partial charge is 0.0618 e. The van der Waals surface area contributed by atoms with Crippen LogP contribution in [0.25, 0.3) is 65.7 Å². The van der Waals surface area contributed by atoms with Crippen LogP contribution in [0, 0.1) is 6.92 Å². The van der Waals surface area contributed by atoms with E-state index in [1.165, 1.54) is 70.4 Å². The average molecular weight is 696 g/mol. The molecule has 0 saturated heterocycles. The third kappa shape index (κ3) is 6.46. The molecule has 0 unspecified atom stereocenters. The predicted octanol–water partition coefficient (Wildman–Crippen LogP) is 15.0. The van der Waals surface area contributed by atoms with Gasteiger partial charge < -0.3 is 4.90 Å². The number of thiophene rings is 1. The molecule has 0 radical (unpaired) electrons. The molecular weight excluding hydrogens is 659 g/mol. The molecule has 0 atom stereocenters. The molecule has 9 aromatic rings. The lowest BCUT2D eigenvalue weighted by molar-refractivity contribution is 1.30. The first-order valence-electron chi connectivity index (χ1n) is 18.1. The second-order valence-corrected chi connectivity index (χ2v) is 14.5. The van der Waals surface area contributed by atoms with Gasteiger partial charge in [0, 0.05) is 31.9 Å². The summed E-state index contributed by atoms with van der Waals surface area (Å²) < 4.78 is 0. The predicted molar refractivity (Wildman–Crippen MR) is 230 cm³/mol. The van der Waals surface area contributed by atoms with Gasteiger partial charge in [-0.2, -0.15) is 0 Å². The summed E-state index contributed by atoms with van der Waals surface area (Å²) in [6, 6.07) is 70.3. The fraction of sp³-hybridized carbons (Fsp3) is 0.0196. The first-order chi connectivity index (χ1) is 26.2. The van der Waals surface area contributed by atoms with Crippen molar-refractivity contribution in [2.75, 3.05) is 4.90 Å². The lowest BCUT2D eigenvalue weighted by Gasteiger charge is -2.29. The van der Waals surface area contributed by atoms with Crippen molar-refractivity contribution in [3.05, 3.63) is 211 Å². The van der Waals surface area contributed by atoms with E-state index in [2.05, 4.69) is 218 Å². The molecule has 0 aliphatic rings. The minimum atomic E-state index is 1.11. The Morgan fingerprint density at radius 2 is 0.868 bits per heavy atom. The normalized spacial score (nSPS) is 11.4. The summed E-state index contributed by atoms with van der Waals surface area (Å²) >= 11 is 1.84. The Bertz CT molecular complexity index is 2650. The molecule has 0 spiro atoms. The molecule has 0 N–H and O–H groups in total. The number of aryl methyl sites for hydroxylation is 1. The van der Waals surface area contributed by atoms with E-state index in [1.807, 2.05) is 11.3 Å². The van der Waals surface area contributed by atoms with Gasteiger partial charge in [-0.25, -0.2) is 0 Å². The summed E-state index contributed by atoms with van der Waals surface area (Å²) in [4.78, 5) is 4.98. The van der Waals surface area contributed by atoms with Crippen molar-refractivity contribution in [3.8, 4) is 32.0 Å². The van der Waals surface area contributed by atoms with Crippen molar-refractivity contribution in [1.29, 1.82) is 0 Å². The molecule has 252 valence electrons. The molecule has 1 heterocycles. The summed E-state index contributed by atoms with van der Waals surface area (Å²) in [5.74, 6) is 0. The highest BCUT2D eigenvalue weighted by Gasteiger charge is 2.22. The zero-order chi connectivity index (χ0) is 35.6. The number of nitrogens with zero attached hydrogens (tertiary/aromatic N) is 1. The van der Waals surface area contributed by atoms with Gasteiger partial charge in [-0.05, 0) is 93.5 Å². The summed E-state index contributed by atoms with van der Waals surface area (Å²) in [5, 5.41) is 4.88. The molecule has 1 nitrogen and oxygen atoms in total. The number of rotatable bonds is 8. The number of anilines is 3. The largest absolute Gasteiger partial charge is 0.309 e. The van der Waals surface area contributed by atoms with Gasteiger partial charge in [0.15, 0.2) is 0 Å². The van der Waals surface area contributed by atoms with Crippen molar-refractivity contribution >= 4 is 62.1 Å². The molecule has 0 bridgehead atoms. The van der Waals surface area contributed by atoms with Gasteiger partial charge in [-0.15, -0.1) is 11.3 Å². The van der Waals surface area contributed by atoms with Gasteiger partial charge in [-0.3, -0.25) is 0 Å². The van der Waals surface area contributed by atoms with E-state index < -0.39 is 0 Å². The van der Waals surface area contributed by atoms with Gasteiger partial charge in [0.05, 0.1) is 5.69 Å². The Morgan fingerprint density at radius 1 is 0.396 bits per heavy atom. The maximum Gasteiger partial charge on any atom is 0.0618 e. The molecule has 9 rings (SSSR count). The van der Waals surface area contributed by atoms with Crippen LogP contribution in [0.1, 0.15) is 16.7 Å². The van der Waals surface area contributed by atoms with Crippen LogP contribution in [0.3, 0.4) is 0 Å². The second kappa shape index (κ2) is 14.3. The molecule has 1 aromatic heterocycles. The number of hydrogen-bond acceptors (Lipinski definition) is 2. The summed E-state index contributed by atoms with van der Waals surface area (Å²) in [7, 11) is 0. The molecule has 0 aliphatic carbocycles. The van der Waals surface area contributed by atoms with Crippen molar-refractivity contribution in [3.63, 3.8) is 0 Å². The first kappa shape index (κ1) is 32.4.